The molecule has 7 aliphatic heterocycles. The first-order valence-electron chi connectivity index (χ1n) is 24.9. The predicted molar refractivity (Wildman–Crippen MR) is 231 cm³/mol. The van der Waals surface area contributed by atoms with Crippen molar-refractivity contribution in [1.29, 1.82) is 0 Å². The highest BCUT2D eigenvalue weighted by molar-refractivity contribution is 5.30. The van der Waals surface area contributed by atoms with Crippen LogP contribution in [0.5, 0.6) is 0 Å². The van der Waals surface area contributed by atoms with Crippen LogP contribution in [-0.2, 0) is 71.1 Å². The van der Waals surface area contributed by atoms with Gasteiger partial charge < -0.3 is 81.3 Å². The van der Waals surface area contributed by atoms with Gasteiger partial charge in [0.25, 0.3) is 0 Å². The van der Waals surface area contributed by atoms with Gasteiger partial charge in [-0.25, -0.2) is 0 Å². The zero-order chi connectivity index (χ0) is 46.7. The van der Waals surface area contributed by atoms with Gasteiger partial charge in [-0.2, -0.15) is 0 Å². The predicted octanol–water partition coefficient (Wildman–Crippen LogP) is 4.50. The van der Waals surface area contributed by atoms with Gasteiger partial charge in [-0.1, -0.05) is 25.5 Å². The van der Waals surface area contributed by atoms with Crippen molar-refractivity contribution in [2.24, 2.45) is 28.6 Å². The van der Waals surface area contributed by atoms with Crippen LogP contribution in [-0.4, -0.2) is 174 Å². The summed E-state index contributed by atoms with van der Waals surface area (Å²) in [6.07, 6.45) is -0.0918. The molecule has 26 atom stereocenters. The summed E-state index contributed by atoms with van der Waals surface area (Å²) in [7, 11) is 6.41. The standard InChI is InChI=1S/C49H78O17/c1-23-38(50)43(55-11)39(51)45(60-23)64-42-26(4)59-37(21-33(42)54-10)63-41-25(3)58-36(20-32(41)53-9)62-40-24(2)57-35(19-31(40)52-8)61-28-14-16-46(5)27(18-28)12-13-30-29(46)15-17-47(6)44-34-22-56-48(44,7)66-49(30,47)65-34/h12,23-26,28-45,50-51H,13-22H2,1-11H3. The maximum absolute atomic E-state index is 10.9. The Bertz CT molecular complexity index is 1760. The normalized spacial score (nSPS) is 56.7. The lowest BCUT2D eigenvalue weighted by atomic mass is 9.48. The van der Waals surface area contributed by atoms with Crippen molar-refractivity contribution in [2.45, 2.75) is 235 Å². The molecule has 0 radical (unpaired) electrons. The number of hydrogen-bond donors (Lipinski definition) is 2. The third-order valence-electron chi connectivity index (χ3n) is 18.3. The van der Waals surface area contributed by atoms with Crippen LogP contribution < -0.4 is 0 Å². The van der Waals surface area contributed by atoms with Crippen molar-refractivity contribution in [3.8, 4) is 0 Å². The average Bonchev–Trinajstić information content (AvgIpc) is 3.77. The summed E-state index contributed by atoms with van der Waals surface area (Å²) in [5, 5.41) is 21.3. The Morgan fingerprint density at radius 2 is 1.20 bits per heavy atom. The highest BCUT2D eigenvalue weighted by Gasteiger charge is 2.83. The van der Waals surface area contributed by atoms with E-state index in [1.807, 2.05) is 20.8 Å². The fraction of sp³-hybridized carbons (Fsp3) is 0.959. The van der Waals surface area contributed by atoms with E-state index in [0.717, 1.165) is 32.1 Å². The fourth-order valence-corrected chi connectivity index (χ4v) is 14.9. The quantitative estimate of drug-likeness (QED) is 0.261. The van der Waals surface area contributed by atoms with Crippen LogP contribution in [0.4, 0.5) is 0 Å². The van der Waals surface area contributed by atoms with Crippen molar-refractivity contribution in [2.75, 3.05) is 35.0 Å². The summed E-state index contributed by atoms with van der Waals surface area (Å²) < 4.78 is 95.1. The number of rotatable bonds is 12. The van der Waals surface area contributed by atoms with Gasteiger partial charge in [-0.05, 0) is 84.5 Å². The number of aliphatic hydroxyl groups excluding tert-OH is 2. The Hall–Kier alpha value is -0.940. The molecular weight excluding hydrogens is 861 g/mol. The summed E-state index contributed by atoms with van der Waals surface area (Å²) in [6.45, 7) is 15.2. The highest BCUT2D eigenvalue weighted by Crippen LogP contribution is 2.76. The minimum atomic E-state index is -1.21. The van der Waals surface area contributed by atoms with Gasteiger partial charge in [0.15, 0.2) is 36.7 Å². The number of hydrogen-bond acceptors (Lipinski definition) is 17. The first kappa shape index (κ1) is 48.7. The Kier molecular flexibility index (Phi) is 13.5. The van der Waals surface area contributed by atoms with E-state index in [2.05, 4.69) is 26.8 Å². The molecule has 0 aromatic carbocycles. The molecule has 17 heteroatoms. The largest absolute Gasteiger partial charge is 0.388 e. The van der Waals surface area contributed by atoms with Gasteiger partial charge in [0, 0.05) is 59.0 Å². The third kappa shape index (κ3) is 7.84. The number of methoxy groups -OCH3 is 4. The van der Waals surface area contributed by atoms with E-state index in [-0.39, 0.29) is 41.3 Å². The van der Waals surface area contributed by atoms with E-state index in [0.29, 0.717) is 43.6 Å². The van der Waals surface area contributed by atoms with Crippen molar-refractivity contribution < 1.29 is 81.3 Å². The molecule has 7 saturated heterocycles. The molecule has 9 fully saturated rings. The maximum Gasteiger partial charge on any atom is 0.187 e. The maximum atomic E-state index is 10.9. The lowest BCUT2D eigenvalue weighted by Crippen LogP contribution is -2.61. The second-order valence-electron chi connectivity index (χ2n) is 21.8. The van der Waals surface area contributed by atoms with Crippen molar-refractivity contribution in [1.82, 2.24) is 0 Å². The number of fused-ring (bicyclic) bond motifs is 3. The summed E-state index contributed by atoms with van der Waals surface area (Å²) >= 11 is 0. The number of allylic oxidation sites excluding steroid dienone is 1. The van der Waals surface area contributed by atoms with Crippen molar-refractivity contribution in [3.05, 3.63) is 11.6 Å². The minimum Gasteiger partial charge on any atom is -0.388 e. The topological polar surface area (TPSA) is 179 Å². The molecule has 3 aliphatic carbocycles. The summed E-state index contributed by atoms with van der Waals surface area (Å²) in [6, 6.07) is 0. The number of ether oxygens (including phenoxy) is 15. The Morgan fingerprint density at radius 3 is 1.76 bits per heavy atom. The molecule has 0 spiro atoms. The van der Waals surface area contributed by atoms with Gasteiger partial charge in [0.1, 0.15) is 36.6 Å². The molecule has 2 saturated carbocycles. The molecule has 66 heavy (non-hydrogen) atoms. The highest BCUT2D eigenvalue weighted by atomic mass is 16.8. The molecule has 10 aliphatic rings. The summed E-state index contributed by atoms with van der Waals surface area (Å²) in [5.41, 5.74) is 1.56. The summed E-state index contributed by atoms with van der Waals surface area (Å²) in [5.74, 6) is -0.0208. The van der Waals surface area contributed by atoms with Crippen LogP contribution in [0.25, 0.3) is 0 Å². The SMILES string of the molecule is COC1CC(OC2CCC3(C)C(=CCC4C3CCC3(C)C5C6COC5(C)OC43O6)C2)OC(C)C1OC1CC(OC)C(OC2CC(OC)C(OC3OC(C)C(O)C(OC)C3O)C(C)O2)C(C)O1. The molecule has 2 bridgehead atoms. The van der Waals surface area contributed by atoms with Crippen LogP contribution in [0.15, 0.2) is 11.6 Å². The van der Waals surface area contributed by atoms with Crippen LogP contribution in [0.3, 0.4) is 0 Å². The van der Waals surface area contributed by atoms with E-state index in [4.69, 9.17) is 71.1 Å². The molecule has 10 rings (SSSR count). The molecule has 17 nitrogen and oxygen atoms in total. The van der Waals surface area contributed by atoms with E-state index in [9.17, 15) is 10.2 Å². The summed E-state index contributed by atoms with van der Waals surface area (Å²) in [4.78, 5) is 0. The first-order valence-corrected chi connectivity index (χ1v) is 24.9. The average molecular weight is 939 g/mol. The molecule has 0 amide bonds. The Balaban J connectivity index is 0.720. The molecule has 7 heterocycles. The molecular formula is C49H78O17. The third-order valence-corrected chi connectivity index (χ3v) is 18.3. The fourth-order valence-electron chi connectivity index (χ4n) is 14.9. The van der Waals surface area contributed by atoms with Crippen LogP contribution in [0.2, 0.25) is 0 Å². The lowest BCUT2D eigenvalue weighted by molar-refractivity contribution is -0.359. The molecule has 2 N–H and O–H groups in total. The van der Waals surface area contributed by atoms with Crippen LogP contribution in [0.1, 0.15) is 106 Å². The number of aliphatic hydroxyl groups is 2. The molecule has 376 valence electrons. The van der Waals surface area contributed by atoms with E-state index in [1.165, 1.54) is 19.1 Å². The second-order valence-corrected chi connectivity index (χ2v) is 21.8. The van der Waals surface area contributed by atoms with E-state index >= 15 is 0 Å². The van der Waals surface area contributed by atoms with E-state index < -0.39 is 97.8 Å². The molecule has 0 aromatic heterocycles. The molecule has 0 aromatic rings. The first-order chi connectivity index (χ1) is 31.5. The van der Waals surface area contributed by atoms with Crippen LogP contribution >= 0.6 is 0 Å². The molecule has 26 unspecified atom stereocenters. The zero-order valence-corrected chi connectivity index (χ0v) is 40.9. The zero-order valence-electron chi connectivity index (χ0n) is 40.9. The van der Waals surface area contributed by atoms with Gasteiger partial charge in [-0.15, -0.1) is 0 Å². The van der Waals surface area contributed by atoms with Crippen LogP contribution in [0, 0.1) is 28.6 Å². The van der Waals surface area contributed by atoms with Gasteiger partial charge in [0.05, 0.1) is 67.5 Å². The minimum absolute atomic E-state index is 0.0225. The van der Waals surface area contributed by atoms with Crippen molar-refractivity contribution >= 4 is 0 Å². The Morgan fingerprint density at radius 1 is 0.621 bits per heavy atom. The van der Waals surface area contributed by atoms with Gasteiger partial charge in [0.2, 0.25) is 0 Å². The monoisotopic (exact) mass is 939 g/mol. The Labute approximate surface area is 390 Å². The second kappa shape index (κ2) is 18.3. The lowest BCUT2D eigenvalue weighted by Gasteiger charge is -2.59. The smallest absolute Gasteiger partial charge is 0.187 e. The van der Waals surface area contributed by atoms with Gasteiger partial charge >= 0.3 is 0 Å². The van der Waals surface area contributed by atoms with E-state index in [1.54, 1.807) is 28.3 Å². The van der Waals surface area contributed by atoms with Crippen molar-refractivity contribution in [3.63, 3.8) is 0 Å². The van der Waals surface area contributed by atoms with Gasteiger partial charge in [-0.3, -0.25) is 0 Å².